The van der Waals surface area contributed by atoms with Crippen molar-refractivity contribution >= 4 is 5.91 Å². The van der Waals surface area contributed by atoms with Crippen LogP contribution in [-0.2, 0) is 14.9 Å². The fourth-order valence-electron chi connectivity index (χ4n) is 2.15. The van der Waals surface area contributed by atoms with Gasteiger partial charge >= 0.3 is 0 Å². The van der Waals surface area contributed by atoms with Gasteiger partial charge in [0.05, 0.1) is 5.41 Å². The van der Waals surface area contributed by atoms with Gasteiger partial charge in [-0.3, -0.25) is 15.2 Å². The number of nitrogens with one attached hydrogen (secondary N) is 1. The highest BCUT2D eigenvalue weighted by Gasteiger charge is 2.41. The van der Waals surface area contributed by atoms with Crippen LogP contribution in [0.3, 0.4) is 0 Å². The van der Waals surface area contributed by atoms with Gasteiger partial charge in [-0.2, -0.15) is 0 Å². The third-order valence-corrected chi connectivity index (χ3v) is 3.13. The van der Waals surface area contributed by atoms with Crippen LogP contribution in [0.25, 0.3) is 0 Å². The first-order valence-corrected chi connectivity index (χ1v) is 5.29. The molecule has 1 fully saturated rings. The number of pyridine rings is 1. The minimum absolute atomic E-state index is 0.163. The summed E-state index contributed by atoms with van der Waals surface area (Å²) in [4.78, 5) is 16.0. The summed E-state index contributed by atoms with van der Waals surface area (Å²) in [5.41, 5.74) is 2.57. The van der Waals surface area contributed by atoms with E-state index in [4.69, 9.17) is 10.6 Å². The summed E-state index contributed by atoms with van der Waals surface area (Å²) in [7, 11) is 0. The van der Waals surface area contributed by atoms with Crippen molar-refractivity contribution in [3.05, 3.63) is 30.1 Å². The normalized spacial score (nSPS) is 19.1. The summed E-state index contributed by atoms with van der Waals surface area (Å²) in [6.45, 7) is 1.14. The highest BCUT2D eigenvalue weighted by molar-refractivity contribution is 5.87. The highest BCUT2D eigenvalue weighted by atomic mass is 16.5. The number of hydrogen-bond acceptors (Lipinski definition) is 4. The second-order valence-electron chi connectivity index (χ2n) is 3.91. The van der Waals surface area contributed by atoms with Crippen LogP contribution in [0.1, 0.15) is 18.4 Å². The summed E-state index contributed by atoms with van der Waals surface area (Å²) < 4.78 is 5.30. The fourth-order valence-corrected chi connectivity index (χ4v) is 2.15. The van der Waals surface area contributed by atoms with E-state index in [1.165, 1.54) is 0 Å². The van der Waals surface area contributed by atoms with Gasteiger partial charge < -0.3 is 4.74 Å². The fraction of sp³-hybridized carbons (Fsp3) is 0.455. The number of aromatic nitrogens is 1. The number of carbonyl (C=O) groups is 1. The van der Waals surface area contributed by atoms with Crippen LogP contribution < -0.4 is 11.3 Å². The molecular weight excluding hydrogens is 206 g/mol. The number of nitrogens with zero attached hydrogens (tertiary/aromatic N) is 1. The molecule has 86 valence electrons. The molecule has 3 N–H and O–H groups in total. The first kappa shape index (κ1) is 11.0. The van der Waals surface area contributed by atoms with Gasteiger partial charge in [-0.05, 0) is 24.5 Å². The van der Waals surface area contributed by atoms with Crippen molar-refractivity contribution in [2.45, 2.75) is 18.3 Å². The first-order valence-electron chi connectivity index (χ1n) is 5.29. The lowest BCUT2D eigenvalue weighted by Gasteiger charge is -2.35. The van der Waals surface area contributed by atoms with Crippen LogP contribution in [-0.4, -0.2) is 24.1 Å². The van der Waals surface area contributed by atoms with E-state index in [9.17, 15) is 4.79 Å². The maximum atomic E-state index is 12.0. The van der Waals surface area contributed by atoms with E-state index in [1.54, 1.807) is 12.4 Å². The predicted octanol–water partition coefficient (Wildman–Crippen LogP) is 0.120. The van der Waals surface area contributed by atoms with Crippen LogP contribution in [0.4, 0.5) is 0 Å². The molecule has 1 saturated heterocycles. The van der Waals surface area contributed by atoms with E-state index in [1.807, 2.05) is 12.1 Å². The van der Waals surface area contributed by atoms with Crippen molar-refractivity contribution < 1.29 is 9.53 Å². The number of nitrogens with two attached hydrogens (primary N) is 1. The quantitative estimate of drug-likeness (QED) is 0.422. The summed E-state index contributed by atoms with van der Waals surface area (Å²) in [5.74, 6) is 5.10. The molecule has 0 saturated carbocycles. The largest absolute Gasteiger partial charge is 0.381 e. The molecule has 0 atom stereocenters. The molecule has 5 nitrogen and oxygen atoms in total. The number of rotatable bonds is 2. The van der Waals surface area contributed by atoms with E-state index in [0.717, 1.165) is 5.56 Å². The zero-order chi connectivity index (χ0) is 11.4. The first-order chi connectivity index (χ1) is 7.79. The number of hydrazine groups is 1. The second kappa shape index (κ2) is 4.59. The molecule has 1 aromatic heterocycles. The molecule has 1 aromatic rings. The summed E-state index contributed by atoms with van der Waals surface area (Å²) in [5, 5.41) is 0. The lowest BCUT2D eigenvalue weighted by Crippen LogP contribution is -2.50. The summed E-state index contributed by atoms with van der Waals surface area (Å²) >= 11 is 0. The molecule has 2 heterocycles. The van der Waals surface area contributed by atoms with Crippen LogP contribution >= 0.6 is 0 Å². The molecule has 0 spiro atoms. The molecule has 16 heavy (non-hydrogen) atoms. The van der Waals surface area contributed by atoms with Crippen molar-refractivity contribution in [2.24, 2.45) is 5.84 Å². The standard InChI is InChI=1S/C11H15N3O2/c12-14-10(15)11(3-6-16-7-4-11)9-2-1-5-13-8-9/h1-2,5,8H,3-4,6-7,12H2,(H,14,15). The van der Waals surface area contributed by atoms with Crippen molar-refractivity contribution in [3.8, 4) is 0 Å². The van der Waals surface area contributed by atoms with E-state index in [-0.39, 0.29) is 5.91 Å². The summed E-state index contributed by atoms with van der Waals surface area (Å²) in [6, 6.07) is 3.74. The van der Waals surface area contributed by atoms with Crippen molar-refractivity contribution in [3.63, 3.8) is 0 Å². The number of carbonyl (C=O) groups excluding carboxylic acids is 1. The number of amides is 1. The monoisotopic (exact) mass is 221 g/mol. The van der Waals surface area contributed by atoms with Gasteiger partial charge in [0, 0.05) is 25.6 Å². The van der Waals surface area contributed by atoms with Crippen LogP contribution in [0, 0.1) is 0 Å². The Hall–Kier alpha value is -1.46. The molecule has 1 aliphatic heterocycles. The number of ether oxygens (including phenoxy) is 1. The Morgan fingerprint density at radius 3 is 2.81 bits per heavy atom. The molecule has 1 amide bonds. The average Bonchev–Trinajstić information content (AvgIpc) is 2.39. The van der Waals surface area contributed by atoms with E-state index in [2.05, 4.69) is 10.4 Å². The smallest absolute Gasteiger partial charge is 0.244 e. The molecule has 0 aliphatic carbocycles. The van der Waals surface area contributed by atoms with Gasteiger partial charge in [0.1, 0.15) is 0 Å². The zero-order valence-corrected chi connectivity index (χ0v) is 8.98. The molecule has 2 rings (SSSR count). The Morgan fingerprint density at radius 2 is 2.25 bits per heavy atom. The van der Waals surface area contributed by atoms with Crippen LogP contribution in [0.5, 0.6) is 0 Å². The molecule has 0 aromatic carbocycles. The third-order valence-electron chi connectivity index (χ3n) is 3.13. The van der Waals surface area contributed by atoms with Crippen molar-refractivity contribution in [1.82, 2.24) is 10.4 Å². The van der Waals surface area contributed by atoms with E-state index >= 15 is 0 Å². The third kappa shape index (κ3) is 1.79. The molecule has 0 unspecified atom stereocenters. The predicted molar refractivity (Wildman–Crippen MR) is 58.3 cm³/mol. The molecule has 5 heteroatoms. The van der Waals surface area contributed by atoms with Gasteiger partial charge in [-0.25, -0.2) is 5.84 Å². The molecule has 0 radical (unpaired) electrons. The van der Waals surface area contributed by atoms with Crippen LogP contribution in [0.2, 0.25) is 0 Å². The molecule has 1 aliphatic rings. The zero-order valence-electron chi connectivity index (χ0n) is 8.98. The van der Waals surface area contributed by atoms with E-state index < -0.39 is 5.41 Å². The Balaban J connectivity index is 2.38. The van der Waals surface area contributed by atoms with E-state index in [0.29, 0.717) is 26.1 Å². The lowest BCUT2D eigenvalue weighted by atomic mass is 9.74. The maximum Gasteiger partial charge on any atom is 0.244 e. The van der Waals surface area contributed by atoms with Gasteiger partial charge in [0.2, 0.25) is 5.91 Å². The van der Waals surface area contributed by atoms with Crippen LogP contribution in [0.15, 0.2) is 24.5 Å². The highest BCUT2D eigenvalue weighted by Crippen LogP contribution is 2.34. The minimum Gasteiger partial charge on any atom is -0.381 e. The van der Waals surface area contributed by atoms with Gasteiger partial charge in [0.25, 0.3) is 0 Å². The molecule has 0 bridgehead atoms. The molecular formula is C11H15N3O2. The van der Waals surface area contributed by atoms with Crippen molar-refractivity contribution in [2.75, 3.05) is 13.2 Å². The Labute approximate surface area is 94.0 Å². The Morgan fingerprint density at radius 1 is 1.50 bits per heavy atom. The Bertz CT molecular complexity index is 361. The number of hydrogen-bond donors (Lipinski definition) is 2. The lowest BCUT2D eigenvalue weighted by molar-refractivity contribution is -0.130. The minimum atomic E-state index is -0.582. The topological polar surface area (TPSA) is 77.2 Å². The van der Waals surface area contributed by atoms with Gasteiger partial charge in [-0.1, -0.05) is 6.07 Å². The maximum absolute atomic E-state index is 12.0. The van der Waals surface area contributed by atoms with Crippen molar-refractivity contribution in [1.29, 1.82) is 0 Å². The Kier molecular flexibility index (Phi) is 3.17. The average molecular weight is 221 g/mol. The SMILES string of the molecule is NNC(=O)C1(c2cccnc2)CCOCC1. The second-order valence-corrected chi connectivity index (χ2v) is 3.91. The van der Waals surface area contributed by atoms with Gasteiger partial charge in [-0.15, -0.1) is 0 Å². The summed E-state index contributed by atoms with van der Waals surface area (Å²) in [6.07, 6.45) is 4.70. The van der Waals surface area contributed by atoms with Gasteiger partial charge in [0.15, 0.2) is 0 Å².